The molecule has 1 fully saturated rings. The van der Waals surface area contributed by atoms with Gasteiger partial charge in [0.05, 0.1) is 18.3 Å². The molecule has 1 amide bonds. The number of nitrogens with zero attached hydrogens (tertiary/aromatic N) is 2. The predicted molar refractivity (Wildman–Crippen MR) is 115 cm³/mol. The molecule has 1 aliphatic rings. The highest BCUT2D eigenvalue weighted by Gasteiger charge is 2.18. The number of pyridine rings is 1. The molecule has 0 N–H and O–H groups in total. The van der Waals surface area contributed by atoms with Crippen LogP contribution in [0.4, 0.5) is 0 Å². The summed E-state index contributed by atoms with van der Waals surface area (Å²) < 4.78 is 11.2. The van der Waals surface area contributed by atoms with Crippen LogP contribution >= 0.6 is 0 Å². The third kappa shape index (κ3) is 4.57. The number of benzene rings is 2. The summed E-state index contributed by atoms with van der Waals surface area (Å²) in [6.07, 6.45) is 6.10. The number of ether oxygens (including phenoxy) is 2. The SMILES string of the molecule is COc1cc(/C=C/c2ccc3ccccc3n2)ccc1OCC(=O)N1CCCC1. The number of para-hydroxylation sites is 1. The van der Waals surface area contributed by atoms with Crippen LogP contribution in [0.5, 0.6) is 11.5 Å². The van der Waals surface area contributed by atoms with Crippen molar-refractivity contribution in [3.05, 3.63) is 65.9 Å². The highest BCUT2D eigenvalue weighted by molar-refractivity contribution is 5.81. The molecule has 0 saturated carbocycles. The normalized spacial score (nSPS) is 13.9. The predicted octanol–water partition coefficient (Wildman–Crippen LogP) is 4.42. The molecule has 29 heavy (non-hydrogen) atoms. The molecule has 1 aromatic heterocycles. The summed E-state index contributed by atoms with van der Waals surface area (Å²) in [4.78, 5) is 18.7. The van der Waals surface area contributed by atoms with Gasteiger partial charge in [0.15, 0.2) is 18.1 Å². The van der Waals surface area contributed by atoms with E-state index in [1.54, 1.807) is 7.11 Å². The van der Waals surface area contributed by atoms with E-state index in [1.807, 2.05) is 65.6 Å². The number of hydrogen-bond donors (Lipinski definition) is 0. The summed E-state index contributed by atoms with van der Waals surface area (Å²) in [6.45, 7) is 1.68. The van der Waals surface area contributed by atoms with Crippen LogP contribution in [-0.2, 0) is 4.79 Å². The van der Waals surface area contributed by atoms with E-state index in [4.69, 9.17) is 9.47 Å². The Labute approximate surface area is 170 Å². The van der Waals surface area contributed by atoms with Crippen molar-refractivity contribution in [3.63, 3.8) is 0 Å². The summed E-state index contributed by atoms with van der Waals surface area (Å²) in [5.74, 6) is 1.20. The molecule has 0 unspecified atom stereocenters. The molecule has 1 aliphatic heterocycles. The van der Waals surface area contributed by atoms with E-state index in [0.29, 0.717) is 11.5 Å². The molecule has 2 aromatic carbocycles. The zero-order valence-electron chi connectivity index (χ0n) is 16.5. The number of amides is 1. The number of rotatable bonds is 6. The van der Waals surface area contributed by atoms with E-state index >= 15 is 0 Å². The lowest BCUT2D eigenvalue weighted by molar-refractivity contribution is -0.132. The fraction of sp³-hybridized carbons (Fsp3) is 0.250. The number of carbonyl (C=O) groups is 1. The molecule has 1 saturated heterocycles. The zero-order chi connectivity index (χ0) is 20.1. The fourth-order valence-electron chi connectivity index (χ4n) is 3.46. The van der Waals surface area contributed by atoms with Gasteiger partial charge in [0.2, 0.25) is 0 Å². The first kappa shape index (κ1) is 19.0. The molecule has 0 bridgehead atoms. The molecule has 0 atom stereocenters. The van der Waals surface area contributed by atoms with Gasteiger partial charge in [0, 0.05) is 18.5 Å². The molecular weight excluding hydrogens is 364 g/mol. The largest absolute Gasteiger partial charge is 0.493 e. The van der Waals surface area contributed by atoms with Gasteiger partial charge in [-0.05, 0) is 48.7 Å². The van der Waals surface area contributed by atoms with Crippen LogP contribution in [-0.4, -0.2) is 42.6 Å². The molecule has 0 radical (unpaired) electrons. The van der Waals surface area contributed by atoms with Crippen LogP contribution < -0.4 is 9.47 Å². The topological polar surface area (TPSA) is 51.7 Å². The number of methoxy groups -OCH3 is 1. The summed E-state index contributed by atoms with van der Waals surface area (Å²) in [7, 11) is 1.60. The van der Waals surface area contributed by atoms with Gasteiger partial charge in [-0.1, -0.05) is 36.4 Å². The summed E-state index contributed by atoms with van der Waals surface area (Å²) in [5, 5.41) is 1.12. The van der Waals surface area contributed by atoms with E-state index < -0.39 is 0 Å². The van der Waals surface area contributed by atoms with Crippen molar-refractivity contribution < 1.29 is 14.3 Å². The fourth-order valence-corrected chi connectivity index (χ4v) is 3.46. The number of fused-ring (bicyclic) bond motifs is 1. The Morgan fingerprint density at radius 1 is 1.03 bits per heavy atom. The number of hydrogen-bond acceptors (Lipinski definition) is 4. The van der Waals surface area contributed by atoms with Gasteiger partial charge in [-0.25, -0.2) is 4.98 Å². The first-order valence-corrected chi connectivity index (χ1v) is 9.85. The van der Waals surface area contributed by atoms with Gasteiger partial charge in [-0.3, -0.25) is 4.79 Å². The average Bonchev–Trinajstić information content (AvgIpc) is 3.31. The second-order valence-electron chi connectivity index (χ2n) is 7.05. The Hall–Kier alpha value is -3.34. The first-order valence-electron chi connectivity index (χ1n) is 9.85. The zero-order valence-corrected chi connectivity index (χ0v) is 16.5. The molecule has 4 rings (SSSR count). The minimum Gasteiger partial charge on any atom is -0.493 e. The van der Waals surface area contributed by atoms with Crippen molar-refractivity contribution >= 4 is 29.0 Å². The third-order valence-corrected chi connectivity index (χ3v) is 5.06. The van der Waals surface area contributed by atoms with E-state index in [2.05, 4.69) is 11.1 Å². The number of likely N-dealkylation sites (tertiary alicyclic amines) is 1. The van der Waals surface area contributed by atoms with Crippen molar-refractivity contribution in [1.82, 2.24) is 9.88 Å². The second-order valence-corrected chi connectivity index (χ2v) is 7.05. The summed E-state index contributed by atoms with van der Waals surface area (Å²) in [5.41, 5.74) is 2.83. The highest BCUT2D eigenvalue weighted by Crippen LogP contribution is 2.29. The Morgan fingerprint density at radius 2 is 1.86 bits per heavy atom. The first-order chi connectivity index (χ1) is 14.2. The van der Waals surface area contributed by atoms with Gasteiger partial charge in [-0.2, -0.15) is 0 Å². The van der Waals surface area contributed by atoms with Gasteiger partial charge >= 0.3 is 0 Å². The van der Waals surface area contributed by atoms with Crippen LogP contribution in [0.25, 0.3) is 23.1 Å². The van der Waals surface area contributed by atoms with Crippen LogP contribution in [0, 0.1) is 0 Å². The minimum atomic E-state index is 0.0240. The van der Waals surface area contributed by atoms with E-state index in [1.165, 1.54) is 0 Å². The number of aromatic nitrogens is 1. The molecular formula is C24H24N2O3. The molecule has 5 heteroatoms. The van der Waals surface area contributed by atoms with Gasteiger partial charge in [-0.15, -0.1) is 0 Å². The lowest BCUT2D eigenvalue weighted by atomic mass is 10.1. The Kier molecular flexibility index (Phi) is 5.75. The van der Waals surface area contributed by atoms with E-state index in [0.717, 1.165) is 48.1 Å². The van der Waals surface area contributed by atoms with E-state index in [-0.39, 0.29) is 12.5 Å². The number of carbonyl (C=O) groups excluding carboxylic acids is 1. The maximum Gasteiger partial charge on any atom is 0.260 e. The lowest BCUT2D eigenvalue weighted by Gasteiger charge is -2.16. The van der Waals surface area contributed by atoms with E-state index in [9.17, 15) is 4.79 Å². The molecule has 3 aromatic rings. The van der Waals surface area contributed by atoms with Crippen molar-refractivity contribution in [2.45, 2.75) is 12.8 Å². The average molecular weight is 388 g/mol. The smallest absolute Gasteiger partial charge is 0.260 e. The van der Waals surface area contributed by atoms with Gasteiger partial charge in [0.25, 0.3) is 5.91 Å². The highest BCUT2D eigenvalue weighted by atomic mass is 16.5. The quantitative estimate of drug-likeness (QED) is 0.627. The minimum absolute atomic E-state index is 0.0240. The Morgan fingerprint density at radius 3 is 2.69 bits per heavy atom. The molecule has 5 nitrogen and oxygen atoms in total. The standard InChI is InChI=1S/C24H24N2O3/c1-28-23-16-18(8-11-20-12-10-19-6-2-3-7-21(19)25-20)9-13-22(23)29-17-24(27)26-14-4-5-15-26/h2-3,6-13,16H,4-5,14-15,17H2,1H3/b11-8+. The molecule has 148 valence electrons. The summed E-state index contributed by atoms with van der Waals surface area (Å²) >= 11 is 0. The van der Waals surface area contributed by atoms with Crippen LogP contribution in [0.2, 0.25) is 0 Å². The Balaban J connectivity index is 1.45. The third-order valence-electron chi connectivity index (χ3n) is 5.06. The monoisotopic (exact) mass is 388 g/mol. The van der Waals surface area contributed by atoms with Crippen LogP contribution in [0.3, 0.4) is 0 Å². The van der Waals surface area contributed by atoms with Gasteiger partial charge < -0.3 is 14.4 Å². The molecule has 0 spiro atoms. The van der Waals surface area contributed by atoms with Crippen molar-refractivity contribution in [1.29, 1.82) is 0 Å². The van der Waals surface area contributed by atoms with Crippen LogP contribution in [0.15, 0.2) is 54.6 Å². The Bertz CT molecular complexity index is 1040. The molecule has 0 aliphatic carbocycles. The maximum absolute atomic E-state index is 12.2. The van der Waals surface area contributed by atoms with Crippen LogP contribution in [0.1, 0.15) is 24.1 Å². The lowest BCUT2D eigenvalue weighted by Crippen LogP contribution is -2.32. The van der Waals surface area contributed by atoms with Crippen molar-refractivity contribution in [2.75, 3.05) is 26.8 Å². The van der Waals surface area contributed by atoms with Crippen molar-refractivity contribution in [3.8, 4) is 11.5 Å². The second kappa shape index (κ2) is 8.78. The van der Waals surface area contributed by atoms with Gasteiger partial charge in [0.1, 0.15) is 0 Å². The van der Waals surface area contributed by atoms with Crippen molar-refractivity contribution in [2.24, 2.45) is 0 Å². The maximum atomic E-state index is 12.2. The molecule has 2 heterocycles. The summed E-state index contributed by atoms with van der Waals surface area (Å²) in [6, 6.07) is 17.8.